The summed E-state index contributed by atoms with van der Waals surface area (Å²) in [6.45, 7) is 2.11. The summed E-state index contributed by atoms with van der Waals surface area (Å²) in [5.74, 6) is 0.299. The van der Waals surface area contributed by atoms with Gasteiger partial charge in [0.25, 0.3) is 0 Å². The van der Waals surface area contributed by atoms with Crippen LogP contribution in [-0.2, 0) is 4.74 Å². The summed E-state index contributed by atoms with van der Waals surface area (Å²) in [4.78, 5) is 23.2. The number of hydrogen-bond donors (Lipinski definition) is 0. The fraction of sp³-hybridized carbons (Fsp3) is 0.158. The molecule has 0 aliphatic heterocycles. The third-order valence-corrected chi connectivity index (χ3v) is 3.82. The lowest BCUT2D eigenvalue weighted by Crippen LogP contribution is -2.04. The molecule has 0 fully saturated rings. The van der Waals surface area contributed by atoms with Crippen molar-refractivity contribution in [2.24, 2.45) is 0 Å². The molecule has 24 heavy (non-hydrogen) atoms. The van der Waals surface area contributed by atoms with E-state index in [0.29, 0.717) is 23.5 Å². The number of aromatic nitrogens is 1. The van der Waals surface area contributed by atoms with Crippen molar-refractivity contribution in [2.45, 2.75) is 6.92 Å². The van der Waals surface area contributed by atoms with E-state index in [2.05, 4.69) is 0 Å². The first-order chi connectivity index (χ1) is 11.7. The molecule has 2 aromatic carbocycles. The second-order valence-electron chi connectivity index (χ2n) is 5.19. The Labute approximate surface area is 139 Å². The molecule has 3 aromatic rings. The summed E-state index contributed by atoms with van der Waals surface area (Å²) < 4.78 is 12.2. The molecular weight excluding hydrogens is 306 g/mol. The molecule has 0 amide bonds. The Balaban J connectivity index is 2.10. The molecule has 0 atom stereocenters. The molecule has 0 bridgehead atoms. The topological polar surface area (TPSA) is 57.5 Å². The number of carbonyl (C=O) groups excluding carboxylic acids is 2. The average Bonchev–Trinajstić information content (AvgIpc) is 3.01. The highest BCUT2D eigenvalue weighted by molar-refractivity contribution is 6.02. The van der Waals surface area contributed by atoms with Gasteiger partial charge in [0.1, 0.15) is 5.75 Å². The zero-order valence-corrected chi connectivity index (χ0v) is 13.5. The largest absolute Gasteiger partial charge is 0.496 e. The molecule has 0 aliphatic rings. The maximum absolute atomic E-state index is 11.7. The highest BCUT2D eigenvalue weighted by Crippen LogP contribution is 2.31. The maximum Gasteiger partial charge on any atom is 0.338 e. The minimum atomic E-state index is -0.350. The van der Waals surface area contributed by atoms with Crippen molar-refractivity contribution in [1.29, 1.82) is 0 Å². The van der Waals surface area contributed by atoms with E-state index in [1.807, 2.05) is 34.9 Å². The van der Waals surface area contributed by atoms with Gasteiger partial charge in [0.15, 0.2) is 6.29 Å². The molecule has 0 saturated carbocycles. The van der Waals surface area contributed by atoms with Gasteiger partial charge in [-0.3, -0.25) is 4.79 Å². The van der Waals surface area contributed by atoms with Gasteiger partial charge in [-0.25, -0.2) is 4.79 Å². The smallest absolute Gasteiger partial charge is 0.338 e. The van der Waals surface area contributed by atoms with E-state index in [4.69, 9.17) is 9.47 Å². The van der Waals surface area contributed by atoms with Gasteiger partial charge < -0.3 is 14.0 Å². The molecule has 122 valence electrons. The predicted octanol–water partition coefficient (Wildman–Crippen LogP) is 3.63. The number of nitrogens with zero attached hydrogens (tertiary/aromatic N) is 1. The summed E-state index contributed by atoms with van der Waals surface area (Å²) in [5.41, 5.74) is 2.75. The lowest BCUT2D eigenvalue weighted by Gasteiger charge is -2.08. The molecule has 0 spiro atoms. The van der Waals surface area contributed by atoms with Gasteiger partial charge in [-0.15, -0.1) is 0 Å². The highest BCUT2D eigenvalue weighted by Gasteiger charge is 2.14. The van der Waals surface area contributed by atoms with E-state index in [9.17, 15) is 9.59 Å². The number of aldehydes is 1. The van der Waals surface area contributed by atoms with Gasteiger partial charge in [0.05, 0.1) is 30.2 Å². The van der Waals surface area contributed by atoms with Crippen molar-refractivity contribution in [2.75, 3.05) is 13.7 Å². The number of esters is 1. The summed E-state index contributed by atoms with van der Waals surface area (Å²) in [6.07, 6.45) is 2.58. The quantitative estimate of drug-likeness (QED) is 0.531. The van der Waals surface area contributed by atoms with Crippen LogP contribution in [0.2, 0.25) is 0 Å². The van der Waals surface area contributed by atoms with E-state index in [1.165, 1.54) is 0 Å². The first kappa shape index (κ1) is 15.8. The molecule has 0 unspecified atom stereocenters. The number of methoxy groups -OCH3 is 1. The van der Waals surface area contributed by atoms with Crippen molar-refractivity contribution in [3.05, 3.63) is 59.8 Å². The van der Waals surface area contributed by atoms with Crippen LogP contribution in [-0.4, -0.2) is 30.5 Å². The Bertz CT molecular complexity index is 894. The van der Waals surface area contributed by atoms with Crippen LogP contribution in [0.15, 0.2) is 48.7 Å². The molecule has 0 saturated heterocycles. The second-order valence-corrected chi connectivity index (χ2v) is 5.19. The summed E-state index contributed by atoms with van der Waals surface area (Å²) in [7, 11) is 1.58. The SMILES string of the molecule is CCOC(=O)c1ccc(-n2cc(C=O)c3c(OC)cccc32)cc1. The molecule has 0 radical (unpaired) electrons. The van der Waals surface area contributed by atoms with Crippen LogP contribution in [0.4, 0.5) is 0 Å². The molecular formula is C19H17NO4. The van der Waals surface area contributed by atoms with Crippen molar-refractivity contribution < 1.29 is 19.1 Å². The second kappa shape index (κ2) is 6.58. The van der Waals surface area contributed by atoms with Gasteiger partial charge in [0.2, 0.25) is 0 Å². The van der Waals surface area contributed by atoms with Crippen LogP contribution in [0.3, 0.4) is 0 Å². The Morgan fingerprint density at radius 3 is 2.54 bits per heavy atom. The Morgan fingerprint density at radius 2 is 1.92 bits per heavy atom. The van der Waals surface area contributed by atoms with E-state index >= 15 is 0 Å². The van der Waals surface area contributed by atoms with Gasteiger partial charge in [-0.05, 0) is 43.3 Å². The molecule has 0 N–H and O–H groups in total. The molecule has 1 heterocycles. The minimum absolute atomic E-state index is 0.339. The molecule has 3 rings (SSSR count). The summed E-state index contributed by atoms with van der Waals surface area (Å²) in [6, 6.07) is 12.7. The molecule has 5 heteroatoms. The number of hydrogen-bond acceptors (Lipinski definition) is 4. The summed E-state index contributed by atoms with van der Waals surface area (Å²) in [5, 5.41) is 0.768. The number of ether oxygens (including phenoxy) is 2. The van der Waals surface area contributed by atoms with Crippen LogP contribution in [0, 0.1) is 0 Å². The third-order valence-electron chi connectivity index (χ3n) is 3.82. The maximum atomic E-state index is 11.7. The Morgan fingerprint density at radius 1 is 1.17 bits per heavy atom. The van der Waals surface area contributed by atoms with Crippen molar-refractivity contribution in [1.82, 2.24) is 4.57 Å². The lowest BCUT2D eigenvalue weighted by molar-refractivity contribution is 0.0526. The van der Waals surface area contributed by atoms with Gasteiger partial charge >= 0.3 is 5.97 Å². The first-order valence-corrected chi connectivity index (χ1v) is 7.60. The first-order valence-electron chi connectivity index (χ1n) is 7.60. The third kappa shape index (κ3) is 2.65. The fourth-order valence-electron chi connectivity index (χ4n) is 2.73. The Hall–Kier alpha value is -3.08. The molecule has 0 aliphatic carbocycles. The van der Waals surface area contributed by atoms with Crippen molar-refractivity contribution >= 4 is 23.2 Å². The van der Waals surface area contributed by atoms with E-state index in [0.717, 1.165) is 22.9 Å². The monoisotopic (exact) mass is 323 g/mol. The zero-order valence-electron chi connectivity index (χ0n) is 13.5. The van der Waals surface area contributed by atoms with Crippen LogP contribution in [0.1, 0.15) is 27.6 Å². The number of benzene rings is 2. The molecule has 5 nitrogen and oxygen atoms in total. The lowest BCUT2D eigenvalue weighted by atomic mass is 10.1. The number of carbonyl (C=O) groups is 2. The van der Waals surface area contributed by atoms with Crippen LogP contribution in [0.5, 0.6) is 5.75 Å². The average molecular weight is 323 g/mol. The van der Waals surface area contributed by atoms with Crippen LogP contribution >= 0.6 is 0 Å². The van der Waals surface area contributed by atoms with E-state index in [1.54, 1.807) is 32.4 Å². The van der Waals surface area contributed by atoms with Gasteiger partial charge in [0, 0.05) is 17.4 Å². The molecule has 1 aromatic heterocycles. The fourth-order valence-corrected chi connectivity index (χ4v) is 2.73. The normalized spacial score (nSPS) is 10.6. The van der Waals surface area contributed by atoms with Crippen molar-refractivity contribution in [3.8, 4) is 11.4 Å². The predicted molar refractivity (Wildman–Crippen MR) is 91.2 cm³/mol. The van der Waals surface area contributed by atoms with Crippen LogP contribution in [0.25, 0.3) is 16.6 Å². The summed E-state index contributed by atoms with van der Waals surface area (Å²) >= 11 is 0. The van der Waals surface area contributed by atoms with Crippen LogP contribution < -0.4 is 4.74 Å². The highest BCUT2D eigenvalue weighted by atomic mass is 16.5. The Kier molecular flexibility index (Phi) is 4.33. The number of rotatable bonds is 5. The van der Waals surface area contributed by atoms with E-state index in [-0.39, 0.29) is 5.97 Å². The van der Waals surface area contributed by atoms with Crippen molar-refractivity contribution in [3.63, 3.8) is 0 Å². The van der Waals surface area contributed by atoms with Gasteiger partial charge in [-0.2, -0.15) is 0 Å². The number of fused-ring (bicyclic) bond motifs is 1. The minimum Gasteiger partial charge on any atom is -0.496 e. The van der Waals surface area contributed by atoms with E-state index < -0.39 is 0 Å². The zero-order chi connectivity index (χ0) is 17.1. The van der Waals surface area contributed by atoms with Gasteiger partial charge in [-0.1, -0.05) is 6.07 Å². The standard InChI is InChI=1S/C19H17NO4/c1-3-24-19(22)13-7-9-15(10-8-13)20-11-14(12-21)18-16(20)5-4-6-17(18)23-2/h4-12H,3H2,1-2H3.